The monoisotopic (exact) mass is 307 g/mol. The van der Waals surface area contributed by atoms with Crippen LogP contribution in [0, 0.1) is 0 Å². The molecule has 8 heteroatoms. The Morgan fingerprint density at radius 1 is 1.36 bits per heavy atom. The molecule has 8 nitrogen and oxygen atoms in total. The van der Waals surface area contributed by atoms with Crippen LogP contribution in [0.3, 0.4) is 0 Å². The number of benzene rings is 1. The van der Waals surface area contributed by atoms with Crippen LogP contribution in [0.15, 0.2) is 18.2 Å². The Morgan fingerprint density at radius 2 is 2.09 bits per heavy atom. The minimum atomic E-state index is -1.19. The molecule has 5 N–H and O–H groups in total. The quantitative estimate of drug-likeness (QED) is 0.516. The van der Waals surface area contributed by atoms with Crippen molar-refractivity contribution in [3.05, 3.63) is 29.5 Å². The smallest absolute Gasteiger partial charge is 0.357 e. The number of hydrogen-bond acceptors (Lipinski definition) is 5. The summed E-state index contributed by atoms with van der Waals surface area (Å²) >= 11 is 0. The van der Waals surface area contributed by atoms with Crippen LogP contribution in [-0.2, 0) is 4.79 Å². The second kappa shape index (κ2) is 6.54. The average Bonchev–Trinajstić information content (AvgIpc) is 2.88. The van der Waals surface area contributed by atoms with E-state index in [1.54, 1.807) is 12.1 Å². The molecule has 0 aliphatic heterocycles. The van der Waals surface area contributed by atoms with E-state index in [0.29, 0.717) is 16.5 Å². The van der Waals surface area contributed by atoms with E-state index in [1.807, 2.05) is 0 Å². The van der Waals surface area contributed by atoms with Gasteiger partial charge in [-0.05, 0) is 24.1 Å². The molecule has 2 rings (SSSR count). The standard InChI is InChI=1S/C14H17N3O5/c1-7(18)15-5-4-11(19)13(20)8-2-3-10-9(6-8)12(14(21)22)17-16-10/h2-3,6,11,13,19-20H,4-5H2,1H3,(H,15,18)(H,16,17)(H,21,22). The fraction of sp³-hybridized carbons (Fsp3) is 0.357. The van der Waals surface area contributed by atoms with Gasteiger partial charge in [-0.2, -0.15) is 5.10 Å². The Hall–Kier alpha value is -2.45. The molecule has 22 heavy (non-hydrogen) atoms. The van der Waals surface area contributed by atoms with Crippen LogP contribution in [0.4, 0.5) is 0 Å². The number of carboxylic acids is 1. The lowest BCUT2D eigenvalue weighted by molar-refractivity contribution is -0.119. The molecule has 0 spiro atoms. The van der Waals surface area contributed by atoms with Crippen LogP contribution in [0.1, 0.15) is 35.5 Å². The molecule has 118 valence electrons. The van der Waals surface area contributed by atoms with Gasteiger partial charge in [0, 0.05) is 18.9 Å². The van der Waals surface area contributed by atoms with Gasteiger partial charge >= 0.3 is 5.97 Å². The molecule has 1 amide bonds. The van der Waals surface area contributed by atoms with Gasteiger partial charge in [0.05, 0.1) is 11.6 Å². The highest BCUT2D eigenvalue weighted by Gasteiger charge is 2.20. The largest absolute Gasteiger partial charge is 0.476 e. The van der Waals surface area contributed by atoms with Crippen LogP contribution in [-0.4, -0.2) is 50.0 Å². The number of aromatic nitrogens is 2. The summed E-state index contributed by atoms with van der Waals surface area (Å²) in [6.07, 6.45) is -2.09. The Bertz CT molecular complexity index is 697. The van der Waals surface area contributed by atoms with E-state index in [2.05, 4.69) is 15.5 Å². The zero-order valence-electron chi connectivity index (χ0n) is 11.9. The fourth-order valence-electron chi connectivity index (χ4n) is 2.15. The predicted molar refractivity (Wildman–Crippen MR) is 77.3 cm³/mol. The van der Waals surface area contributed by atoms with E-state index in [-0.39, 0.29) is 24.6 Å². The zero-order valence-corrected chi connectivity index (χ0v) is 11.9. The Kier molecular flexibility index (Phi) is 4.74. The topological polar surface area (TPSA) is 136 Å². The number of aromatic amines is 1. The summed E-state index contributed by atoms with van der Waals surface area (Å²) < 4.78 is 0. The third-order valence-corrected chi connectivity index (χ3v) is 3.31. The maximum absolute atomic E-state index is 11.1. The van der Waals surface area contributed by atoms with E-state index < -0.39 is 18.2 Å². The minimum Gasteiger partial charge on any atom is -0.476 e. The molecule has 0 fully saturated rings. The van der Waals surface area contributed by atoms with Gasteiger partial charge in [0.1, 0.15) is 6.10 Å². The first-order chi connectivity index (χ1) is 10.4. The third-order valence-electron chi connectivity index (χ3n) is 3.31. The number of nitrogens with zero attached hydrogens (tertiary/aromatic N) is 1. The van der Waals surface area contributed by atoms with Gasteiger partial charge in [-0.3, -0.25) is 9.89 Å². The van der Waals surface area contributed by atoms with Crippen LogP contribution < -0.4 is 5.32 Å². The SMILES string of the molecule is CC(=O)NCCC(O)C(O)c1ccc2[nH]nc(C(=O)O)c2c1. The maximum Gasteiger partial charge on any atom is 0.357 e. The van der Waals surface area contributed by atoms with Gasteiger partial charge in [-0.1, -0.05) is 6.07 Å². The Labute approximate surface area is 125 Å². The van der Waals surface area contributed by atoms with Crippen LogP contribution in [0.2, 0.25) is 0 Å². The number of hydrogen-bond donors (Lipinski definition) is 5. The highest BCUT2D eigenvalue weighted by Crippen LogP contribution is 2.24. The normalized spacial score (nSPS) is 13.8. The van der Waals surface area contributed by atoms with Gasteiger partial charge in [0.2, 0.25) is 5.91 Å². The van der Waals surface area contributed by atoms with Gasteiger partial charge < -0.3 is 20.6 Å². The molecule has 1 aromatic heterocycles. The molecule has 0 saturated carbocycles. The van der Waals surface area contributed by atoms with E-state index in [0.717, 1.165) is 0 Å². The van der Waals surface area contributed by atoms with Gasteiger partial charge in [-0.25, -0.2) is 4.79 Å². The van der Waals surface area contributed by atoms with Crippen molar-refractivity contribution in [3.8, 4) is 0 Å². The first-order valence-corrected chi connectivity index (χ1v) is 6.72. The molecule has 2 atom stereocenters. The van der Waals surface area contributed by atoms with Crippen molar-refractivity contribution in [2.24, 2.45) is 0 Å². The van der Waals surface area contributed by atoms with E-state index in [1.165, 1.54) is 13.0 Å². The molecular formula is C14H17N3O5. The molecule has 2 unspecified atom stereocenters. The van der Waals surface area contributed by atoms with Crippen molar-refractivity contribution in [2.45, 2.75) is 25.6 Å². The van der Waals surface area contributed by atoms with Gasteiger partial charge in [0.15, 0.2) is 5.69 Å². The maximum atomic E-state index is 11.1. The van der Waals surface area contributed by atoms with Crippen molar-refractivity contribution >= 4 is 22.8 Å². The molecule has 0 saturated heterocycles. The van der Waals surface area contributed by atoms with Gasteiger partial charge in [-0.15, -0.1) is 0 Å². The molecule has 0 bridgehead atoms. The zero-order chi connectivity index (χ0) is 16.3. The second-order valence-electron chi connectivity index (χ2n) is 4.97. The van der Waals surface area contributed by atoms with Crippen molar-refractivity contribution in [3.63, 3.8) is 0 Å². The van der Waals surface area contributed by atoms with E-state index in [4.69, 9.17) is 5.11 Å². The minimum absolute atomic E-state index is 0.142. The molecule has 0 aliphatic carbocycles. The summed E-state index contributed by atoms with van der Waals surface area (Å²) in [7, 11) is 0. The summed E-state index contributed by atoms with van der Waals surface area (Å²) in [4.78, 5) is 21.8. The van der Waals surface area contributed by atoms with Crippen LogP contribution >= 0.6 is 0 Å². The number of rotatable bonds is 6. The third kappa shape index (κ3) is 3.41. The summed E-state index contributed by atoms with van der Waals surface area (Å²) in [5, 5.41) is 38.3. The second-order valence-corrected chi connectivity index (χ2v) is 4.97. The number of nitrogens with one attached hydrogen (secondary N) is 2. The number of carbonyl (C=O) groups excluding carboxylic acids is 1. The number of carbonyl (C=O) groups is 2. The summed E-state index contributed by atoms with van der Waals surface area (Å²) in [5.74, 6) is -1.39. The van der Waals surface area contributed by atoms with Crippen molar-refractivity contribution in [2.75, 3.05) is 6.54 Å². The number of carboxylic acid groups (broad SMARTS) is 1. The summed E-state index contributed by atoms with van der Waals surface area (Å²) in [6.45, 7) is 1.60. The number of aromatic carboxylic acids is 1. The van der Waals surface area contributed by atoms with E-state index >= 15 is 0 Å². The molecule has 0 radical (unpaired) electrons. The number of aliphatic hydroxyl groups is 2. The molecule has 1 aromatic carbocycles. The molecule has 2 aromatic rings. The van der Waals surface area contributed by atoms with Crippen molar-refractivity contribution in [1.29, 1.82) is 0 Å². The summed E-state index contributed by atoms with van der Waals surface area (Å²) in [5.41, 5.74) is 0.768. The van der Waals surface area contributed by atoms with Crippen molar-refractivity contribution < 1.29 is 24.9 Å². The Balaban J connectivity index is 2.16. The van der Waals surface area contributed by atoms with Crippen LogP contribution in [0.5, 0.6) is 0 Å². The fourth-order valence-corrected chi connectivity index (χ4v) is 2.15. The Morgan fingerprint density at radius 3 is 2.73 bits per heavy atom. The lowest BCUT2D eigenvalue weighted by Crippen LogP contribution is -2.27. The van der Waals surface area contributed by atoms with Gasteiger partial charge in [0.25, 0.3) is 0 Å². The number of H-pyrrole nitrogens is 1. The lowest BCUT2D eigenvalue weighted by atomic mass is 10.00. The average molecular weight is 307 g/mol. The lowest BCUT2D eigenvalue weighted by Gasteiger charge is -2.18. The highest BCUT2D eigenvalue weighted by atomic mass is 16.4. The number of aliphatic hydroxyl groups excluding tert-OH is 2. The molecule has 0 aliphatic rings. The predicted octanol–water partition coefficient (Wildman–Crippen LogP) is 0.182. The molecule has 1 heterocycles. The molecular weight excluding hydrogens is 290 g/mol. The first kappa shape index (κ1) is 15.9. The highest BCUT2D eigenvalue weighted by molar-refractivity contribution is 6.01. The number of fused-ring (bicyclic) bond motifs is 1. The first-order valence-electron chi connectivity index (χ1n) is 6.72. The summed E-state index contributed by atoms with van der Waals surface area (Å²) in [6, 6.07) is 4.65. The van der Waals surface area contributed by atoms with Crippen molar-refractivity contribution in [1.82, 2.24) is 15.5 Å². The van der Waals surface area contributed by atoms with E-state index in [9.17, 15) is 19.8 Å². The van der Waals surface area contributed by atoms with Crippen LogP contribution in [0.25, 0.3) is 10.9 Å². The number of amides is 1.